The smallest absolute Gasteiger partial charge is 0.293 e. The Morgan fingerprint density at radius 1 is 1.22 bits per heavy atom. The topological polar surface area (TPSA) is 69.9 Å². The van der Waals surface area contributed by atoms with E-state index in [0.29, 0.717) is 30.3 Å². The fraction of sp³-hybridized carbons (Fsp3) is 0.650. The first-order valence-corrected chi connectivity index (χ1v) is 10.0. The van der Waals surface area contributed by atoms with Gasteiger partial charge in [-0.3, -0.25) is 19.8 Å². The summed E-state index contributed by atoms with van der Waals surface area (Å²) in [6.07, 6.45) is 3.31. The summed E-state index contributed by atoms with van der Waals surface area (Å²) in [5, 5.41) is 11.7. The highest BCUT2D eigenvalue weighted by molar-refractivity contribution is 5.96. The number of anilines is 1. The number of rotatable bonds is 5. The van der Waals surface area contributed by atoms with E-state index in [2.05, 4.69) is 23.6 Å². The Bertz CT molecular complexity index is 686. The van der Waals surface area contributed by atoms with Crippen molar-refractivity contribution in [2.45, 2.75) is 33.1 Å². The maximum absolute atomic E-state index is 12.8. The van der Waals surface area contributed by atoms with Crippen LogP contribution in [0.15, 0.2) is 18.2 Å². The fourth-order valence-electron chi connectivity index (χ4n) is 4.15. The summed E-state index contributed by atoms with van der Waals surface area (Å²) in [5.41, 5.74) is 1.09. The molecule has 7 nitrogen and oxygen atoms in total. The Morgan fingerprint density at radius 3 is 2.59 bits per heavy atom. The monoisotopic (exact) mass is 374 g/mol. The van der Waals surface area contributed by atoms with Gasteiger partial charge >= 0.3 is 0 Å². The number of nitro groups is 1. The summed E-state index contributed by atoms with van der Waals surface area (Å²) in [6, 6.07) is 4.98. The van der Waals surface area contributed by atoms with Gasteiger partial charge in [-0.25, -0.2) is 0 Å². The summed E-state index contributed by atoms with van der Waals surface area (Å²) in [4.78, 5) is 30.4. The van der Waals surface area contributed by atoms with E-state index in [1.54, 1.807) is 12.1 Å². The van der Waals surface area contributed by atoms with Crippen LogP contribution in [0.1, 0.15) is 43.5 Å². The van der Waals surface area contributed by atoms with Gasteiger partial charge in [0.25, 0.3) is 11.6 Å². The van der Waals surface area contributed by atoms with Gasteiger partial charge in [0.1, 0.15) is 5.69 Å². The SMILES string of the molecule is CCCN1CCN(C(=O)c2ccc(N3CCCC(C)C3)c([N+](=O)[O-])c2)CC1. The van der Waals surface area contributed by atoms with E-state index in [-0.39, 0.29) is 16.5 Å². The van der Waals surface area contributed by atoms with Crippen LogP contribution < -0.4 is 4.90 Å². The van der Waals surface area contributed by atoms with Gasteiger partial charge in [-0.15, -0.1) is 0 Å². The van der Waals surface area contributed by atoms with Crippen LogP contribution in [0, 0.1) is 16.0 Å². The number of nitro benzene ring substituents is 1. The van der Waals surface area contributed by atoms with Crippen molar-refractivity contribution in [2.24, 2.45) is 5.92 Å². The van der Waals surface area contributed by atoms with Gasteiger partial charge in [0.2, 0.25) is 0 Å². The van der Waals surface area contributed by atoms with Crippen LogP contribution >= 0.6 is 0 Å². The lowest BCUT2D eigenvalue weighted by Gasteiger charge is -2.35. The molecule has 0 N–H and O–H groups in total. The van der Waals surface area contributed by atoms with Crippen LogP contribution in [0.5, 0.6) is 0 Å². The maximum Gasteiger partial charge on any atom is 0.293 e. The molecule has 7 heteroatoms. The molecule has 1 atom stereocenters. The van der Waals surface area contributed by atoms with Gasteiger partial charge < -0.3 is 9.80 Å². The number of benzene rings is 1. The highest BCUT2D eigenvalue weighted by Gasteiger charge is 2.27. The number of piperidine rings is 1. The second-order valence-corrected chi connectivity index (χ2v) is 7.79. The molecule has 1 aromatic rings. The third-order valence-corrected chi connectivity index (χ3v) is 5.62. The van der Waals surface area contributed by atoms with Crippen molar-refractivity contribution in [3.05, 3.63) is 33.9 Å². The molecule has 148 valence electrons. The molecule has 1 amide bonds. The second kappa shape index (κ2) is 8.69. The summed E-state index contributed by atoms with van der Waals surface area (Å²) in [7, 11) is 0. The molecule has 0 aromatic heterocycles. The number of hydrogen-bond acceptors (Lipinski definition) is 5. The summed E-state index contributed by atoms with van der Waals surface area (Å²) in [6.45, 7) is 10.1. The van der Waals surface area contributed by atoms with Gasteiger partial charge in [0.05, 0.1) is 4.92 Å². The quantitative estimate of drug-likeness (QED) is 0.585. The lowest BCUT2D eigenvalue weighted by atomic mass is 9.99. The predicted molar refractivity (Wildman–Crippen MR) is 106 cm³/mol. The average Bonchev–Trinajstić information content (AvgIpc) is 2.68. The molecule has 0 spiro atoms. The fourth-order valence-corrected chi connectivity index (χ4v) is 4.15. The molecule has 0 aliphatic carbocycles. The van der Waals surface area contributed by atoms with Gasteiger partial charge in [0.15, 0.2) is 0 Å². The van der Waals surface area contributed by atoms with Crippen molar-refractivity contribution in [3.63, 3.8) is 0 Å². The van der Waals surface area contributed by atoms with Crippen molar-refractivity contribution in [1.82, 2.24) is 9.80 Å². The first-order chi connectivity index (χ1) is 13.0. The van der Waals surface area contributed by atoms with Gasteiger partial charge in [-0.2, -0.15) is 0 Å². The van der Waals surface area contributed by atoms with Gasteiger partial charge in [-0.1, -0.05) is 13.8 Å². The first kappa shape index (κ1) is 19.6. The molecule has 0 saturated carbocycles. The van der Waals surface area contributed by atoms with E-state index >= 15 is 0 Å². The summed E-state index contributed by atoms with van der Waals surface area (Å²) in [5.74, 6) is 0.423. The third-order valence-electron chi connectivity index (χ3n) is 5.62. The molecular weight excluding hydrogens is 344 g/mol. The molecule has 0 bridgehead atoms. The average molecular weight is 374 g/mol. The minimum atomic E-state index is -0.357. The zero-order valence-corrected chi connectivity index (χ0v) is 16.4. The van der Waals surface area contributed by atoms with Crippen LogP contribution in [-0.4, -0.2) is 66.4 Å². The van der Waals surface area contributed by atoms with Crippen molar-refractivity contribution >= 4 is 17.3 Å². The van der Waals surface area contributed by atoms with Crippen LogP contribution in [0.2, 0.25) is 0 Å². The molecular formula is C20H30N4O3. The number of carbonyl (C=O) groups excluding carboxylic acids is 1. The molecule has 2 saturated heterocycles. The highest BCUT2D eigenvalue weighted by atomic mass is 16.6. The standard InChI is InChI=1S/C20H30N4O3/c1-3-8-21-10-12-22(13-11-21)20(25)17-6-7-18(19(14-17)24(26)27)23-9-4-5-16(2)15-23/h6-7,14,16H,3-5,8-13,15H2,1-2H3. The minimum Gasteiger partial charge on any atom is -0.366 e. The predicted octanol–water partition coefficient (Wildman–Crippen LogP) is 3.00. The van der Waals surface area contributed by atoms with Crippen LogP contribution in [0.3, 0.4) is 0 Å². The molecule has 2 aliphatic heterocycles. The molecule has 1 aromatic carbocycles. The Balaban J connectivity index is 1.76. The minimum absolute atomic E-state index is 0.0413. The van der Waals surface area contributed by atoms with Crippen molar-refractivity contribution in [3.8, 4) is 0 Å². The molecule has 2 heterocycles. The van der Waals surface area contributed by atoms with Crippen LogP contribution in [0.4, 0.5) is 11.4 Å². The zero-order chi connectivity index (χ0) is 19.4. The van der Waals surface area contributed by atoms with Crippen LogP contribution in [-0.2, 0) is 0 Å². The molecule has 2 fully saturated rings. The Hall–Kier alpha value is -2.15. The number of hydrogen-bond donors (Lipinski definition) is 0. The van der Waals surface area contributed by atoms with Gasteiger partial charge in [-0.05, 0) is 43.9 Å². The molecule has 3 rings (SSSR count). The maximum atomic E-state index is 12.8. The Kier molecular flexibility index (Phi) is 6.31. The molecule has 1 unspecified atom stereocenters. The molecule has 2 aliphatic rings. The highest BCUT2D eigenvalue weighted by Crippen LogP contribution is 2.32. The summed E-state index contributed by atoms with van der Waals surface area (Å²) < 4.78 is 0. The Labute approximate surface area is 161 Å². The van der Waals surface area contributed by atoms with Crippen molar-refractivity contribution < 1.29 is 9.72 Å². The third kappa shape index (κ3) is 4.58. The van der Waals surface area contributed by atoms with E-state index in [0.717, 1.165) is 52.0 Å². The Morgan fingerprint density at radius 2 is 1.96 bits per heavy atom. The van der Waals surface area contributed by atoms with E-state index in [4.69, 9.17) is 0 Å². The number of amides is 1. The number of carbonyl (C=O) groups is 1. The molecule has 0 radical (unpaired) electrons. The largest absolute Gasteiger partial charge is 0.366 e. The van der Waals surface area contributed by atoms with Crippen molar-refractivity contribution in [2.75, 3.05) is 50.7 Å². The van der Waals surface area contributed by atoms with E-state index < -0.39 is 0 Å². The number of piperazine rings is 1. The lowest BCUT2D eigenvalue weighted by Crippen LogP contribution is -2.48. The van der Waals surface area contributed by atoms with Crippen molar-refractivity contribution in [1.29, 1.82) is 0 Å². The number of nitrogens with zero attached hydrogens (tertiary/aromatic N) is 4. The van der Waals surface area contributed by atoms with E-state index in [1.807, 2.05) is 4.90 Å². The summed E-state index contributed by atoms with van der Waals surface area (Å²) >= 11 is 0. The molecule has 27 heavy (non-hydrogen) atoms. The zero-order valence-electron chi connectivity index (χ0n) is 16.4. The lowest BCUT2D eigenvalue weighted by molar-refractivity contribution is -0.384. The normalized spacial score (nSPS) is 21.3. The second-order valence-electron chi connectivity index (χ2n) is 7.79. The first-order valence-electron chi connectivity index (χ1n) is 10.0. The van der Waals surface area contributed by atoms with E-state index in [1.165, 1.54) is 6.07 Å². The van der Waals surface area contributed by atoms with Crippen LogP contribution in [0.25, 0.3) is 0 Å². The van der Waals surface area contributed by atoms with Gasteiger partial charge in [0, 0.05) is 50.9 Å². The van der Waals surface area contributed by atoms with E-state index in [9.17, 15) is 14.9 Å².